The van der Waals surface area contributed by atoms with Gasteiger partial charge in [-0.1, -0.05) is 34.1 Å². The number of hydrogen-bond donors (Lipinski definition) is 4. The number of nitrogens with one attached hydrogen (secondary N) is 1. The molecule has 0 aromatic carbocycles. The number of fused-ring (bicyclic) bond motifs is 5. The summed E-state index contributed by atoms with van der Waals surface area (Å²) < 4.78 is 0. The number of hydrazine groups is 1. The Bertz CT molecular complexity index is 671. The first kappa shape index (κ1) is 23.5. The lowest BCUT2D eigenvalue weighted by Crippen LogP contribution is -2.62. The van der Waals surface area contributed by atoms with Gasteiger partial charge in [-0.05, 0) is 104 Å². The van der Waals surface area contributed by atoms with E-state index in [1.54, 1.807) is 0 Å². The second-order valence-electron chi connectivity index (χ2n) is 12.2. The largest absolute Gasteiger partial charge is 0.393 e. The molecule has 0 aromatic rings. The Kier molecular flexibility index (Phi) is 6.53. The third-order valence-corrected chi connectivity index (χ3v) is 11.1. The molecule has 1 amide bonds. The summed E-state index contributed by atoms with van der Waals surface area (Å²) in [5, 5.41) is 22.2. The van der Waals surface area contributed by atoms with E-state index in [1.807, 2.05) is 0 Å². The minimum Gasteiger partial charge on any atom is -0.393 e. The molecule has 0 aromatic heterocycles. The van der Waals surface area contributed by atoms with Crippen molar-refractivity contribution in [3.63, 3.8) is 0 Å². The van der Waals surface area contributed by atoms with Crippen LogP contribution in [-0.4, -0.2) is 28.3 Å². The van der Waals surface area contributed by atoms with E-state index < -0.39 is 0 Å². The molecule has 4 fully saturated rings. The molecule has 0 bridgehead atoms. The molecule has 0 spiro atoms. The number of nitrogens with two attached hydrogens (primary N) is 1. The fourth-order valence-electron chi connectivity index (χ4n) is 9.56. The van der Waals surface area contributed by atoms with Crippen molar-refractivity contribution >= 4 is 5.91 Å². The first-order valence-electron chi connectivity index (χ1n) is 13.0. The van der Waals surface area contributed by atoms with Gasteiger partial charge in [-0.15, -0.1) is 0 Å². The first-order valence-corrected chi connectivity index (χ1v) is 13.0. The molecule has 1 unspecified atom stereocenters. The van der Waals surface area contributed by atoms with Crippen LogP contribution in [0.3, 0.4) is 0 Å². The molecule has 31 heavy (non-hydrogen) atoms. The van der Waals surface area contributed by atoms with E-state index in [9.17, 15) is 15.0 Å². The number of carbonyl (C=O) groups excluding carboxylic acids is 1. The van der Waals surface area contributed by atoms with E-state index in [-0.39, 0.29) is 28.9 Å². The molecule has 5 nitrogen and oxygen atoms in total. The Hall–Kier alpha value is -0.650. The summed E-state index contributed by atoms with van der Waals surface area (Å²) in [6.07, 6.45) is 9.78. The highest BCUT2D eigenvalue weighted by Crippen LogP contribution is 2.69. The van der Waals surface area contributed by atoms with Gasteiger partial charge in [-0.3, -0.25) is 10.2 Å². The van der Waals surface area contributed by atoms with Crippen molar-refractivity contribution in [1.29, 1.82) is 0 Å². The van der Waals surface area contributed by atoms with Crippen molar-refractivity contribution in [3.05, 3.63) is 0 Å². The number of aliphatic hydroxyl groups excluding tert-OH is 2. The van der Waals surface area contributed by atoms with Crippen LogP contribution in [-0.2, 0) is 4.79 Å². The molecule has 11 atom stereocenters. The van der Waals surface area contributed by atoms with E-state index in [2.05, 4.69) is 33.1 Å². The first-order chi connectivity index (χ1) is 14.7. The second kappa shape index (κ2) is 8.61. The van der Waals surface area contributed by atoms with Crippen LogP contribution in [0.15, 0.2) is 0 Å². The Morgan fingerprint density at radius 2 is 1.74 bits per heavy atom. The quantitative estimate of drug-likeness (QED) is 0.299. The molecular weight excluding hydrogens is 388 g/mol. The van der Waals surface area contributed by atoms with Gasteiger partial charge in [-0.25, -0.2) is 5.84 Å². The van der Waals surface area contributed by atoms with E-state index in [4.69, 9.17) is 5.84 Å². The molecule has 4 saturated carbocycles. The summed E-state index contributed by atoms with van der Waals surface area (Å²) in [5.41, 5.74) is 2.79. The maximum atomic E-state index is 11.7. The Balaban J connectivity index is 1.58. The van der Waals surface area contributed by atoms with Crippen molar-refractivity contribution in [2.45, 2.75) is 104 Å². The zero-order valence-electron chi connectivity index (χ0n) is 20.1. The Labute approximate surface area is 188 Å². The summed E-state index contributed by atoms with van der Waals surface area (Å²) in [7, 11) is 0. The number of carbonyl (C=O) groups is 1. The Morgan fingerprint density at radius 1 is 1.06 bits per heavy atom. The summed E-state index contributed by atoms with van der Waals surface area (Å²) in [4.78, 5) is 11.7. The molecule has 0 aliphatic heterocycles. The maximum Gasteiger partial charge on any atom is 0.233 e. The molecule has 5 N–H and O–H groups in total. The van der Waals surface area contributed by atoms with Gasteiger partial charge in [0.1, 0.15) is 0 Å². The number of hydrogen-bond acceptors (Lipinski definition) is 4. The van der Waals surface area contributed by atoms with Crippen molar-refractivity contribution < 1.29 is 15.0 Å². The van der Waals surface area contributed by atoms with Crippen LogP contribution in [0.2, 0.25) is 0 Å². The standard InChI is InChI=1S/C26H46N2O3/c1-5-17-21-14-16(29)10-12-26(21,4)20-11-13-25(3)18(15(2)6-9-22(30)28-27)7-8-19(25)23(20)24(17)31/h15-21,23-24,29,31H,5-14,27H2,1-4H3,(H,28,30)/t15-,16-,17-,18-,19+,20+,21?,23+,24-,25-,26-/m1/s1. The predicted molar refractivity (Wildman–Crippen MR) is 123 cm³/mol. The molecule has 4 aliphatic carbocycles. The number of amides is 1. The minimum atomic E-state index is -0.236. The highest BCUT2D eigenvalue weighted by molar-refractivity contribution is 5.75. The zero-order chi connectivity index (χ0) is 22.6. The van der Waals surface area contributed by atoms with Crippen LogP contribution in [0.25, 0.3) is 0 Å². The van der Waals surface area contributed by atoms with Gasteiger partial charge in [0.05, 0.1) is 12.2 Å². The minimum absolute atomic E-state index is 0.0674. The van der Waals surface area contributed by atoms with Crippen LogP contribution in [0, 0.1) is 52.3 Å². The molecule has 0 heterocycles. The number of aliphatic hydroxyl groups is 2. The average Bonchev–Trinajstić information content (AvgIpc) is 3.10. The van der Waals surface area contributed by atoms with Crippen LogP contribution >= 0.6 is 0 Å². The van der Waals surface area contributed by atoms with Crippen molar-refractivity contribution in [1.82, 2.24) is 5.43 Å². The van der Waals surface area contributed by atoms with Gasteiger partial charge < -0.3 is 10.2 Å². The zero-order valence-corrected chi connectivity index (χ0v) is 20.1. The van der Waals surface area contributed by atoms with Crippen LogP contribution in [0.5, 0.6) is 0 Å². The summed E-state index contributed by atoms with van der Waals surface area (Å²) >= 11 is 0. The summed E-state index contributed by atoms with van der Waals surface area (Å²) in [6, 6.07) is 0. The molecule has 4 aliphatic rings. The average molecular weight is 435 g/mol. The summed E-state index contributed by atoms with van der Waals surface area (Å²) in [5.74, 6) is 8.66. The van der Waals surface area contributed by atoms with Gasteiger partial charge in [0, 0.05) is 6.42 Å². The van der Waals surface area contributed by atoms with Crippen LogP contribution < -0.4 is 11.3 Å². The van der Waals surface area contributed by atoms with E-state index in [0.717, 1.165) is 32.1 Å². The van der Waals surface area contributed by atoms with Gasteiger partial charge in [-0.2, -0.15) is 0 Å². The lowest BCUT2D eigenvalue weighted by atomic mass is 9.41. The SMILES string of the molecule is CC[C@@H]1C2C[C@H](O)CC[C@]2(C)[C@H]2CC[C@]3(C)[C@@H]([C@H](C)CCC(=O)NN)CC[C@H]3[C@@H]2[C@@H]1O. The van der Waals surface area contributed by atoms with Crippen molar-refractivity contribution in [2.75, 3.05) is 0 Å². The van der Waals surface area contributed by atoms with Crippen LogP contribution in [0.1, 0.15) is 91.9 Å². The third-order valence-electron chi connectivity index (χ3n) is 11.1. The van der Waals surface area contributed by atoms with Gasteiger partial charge in [0.15, 0.2) is 0 Å². The lowest BCUT2D eigenvalue weighted by Gasteiger charge is -2.64. The highest BCUT2D eigenvalue weighted by Gasteiger charge is 2.64. The van der Waals surface area contributed by atoms with E-state index in [0.29, 0.717) is 47.8 Å². The normalized spacial score (nSPS) is 50.2. The second-order valence-corrected chi connectivity index (χ2v) is 12.2. The summed E-state index contributed by atoms with van der Waals surface area (Å²) in [6.45, 7) is 9.55. The third kappa shape index (κ3) is 3.67. The van der Waals surface area contributed by atoms with Crippen LogP contribution in [0.4, 0.5) is 0 Å². The molecule has 0 radical (unpaired) electrons. The molecule has 5 heteroatoms. The highest BCUT2D eigenvalue weighted by atomic mass is 16.3. The van der Waals surface area contributed by atoms with Gasteiger partial charge in [0.25, 0.3) is 0 Å². The monoisotopic (exact) mass is 434 g/mol. The fourth-order valence-corrected chi connectivity index (χ4v) is 9.56. The Morgan fingerprint density at radius 3 is 2.42 bits per heavy atom. The molecule has 4 rings (SSSR count). The van der Waals surface area contributed by atoms with Gasteiger partial charge >= 0.3 is 0 Å². The maximum absolute atomic E-state index is 11.7. The van der Waals surface area contributed by atoms with Crippen molar-refractivity contribution in [2.24, 2.45) is 58.1 Å². The lowest BCUT2D eigenvalue weighted by molar-refractivity contribution is -0.203. The van der Waals surface area contributed by atoms with E-state index >= 15 is 0 Å². The van der Waals surface area contributed by atoms with Gasteiger partial charge in [0.2, 0.25) is 5.91 Å². The molecule has 178 valence electrons. The smallest absolute Gasteiger partial charge is 0.233 e. The fraction of sp³-hybridized carbons (Fsp3) is 0.962. The molecular formula is C26H46N2O3. The topological polar surface area (TPSA) is 95.6 Å². The predicted octanol–water partition coefficient (Wildman–Crippen LogP) is 4.02. The molecule has 0 saturated heterocycles. The van der Waals surface area contributed by atoms with E-state index in [1.165, 1.54) is 25.7 Å². The van der Waals surface area contributed by atoms with Crippen molar-refractivity contribution in [3.8, 4) is 0 Å². The number of rotatable bonds is 5.